The number of carbonyl (C=O) groups excluding carboxylic acids is 1. The average molecular weight is 568 g/mol. The Hall–Kier alpha value is -3.80. The number of carbonyl (C=O) groups is 2. The largest absolute Gasteiger partial charge is 0.480 e. The van der Waals surface area contributed by atoms with E-state index in [-0.39, 0.29) is 30.3 Å². The van der Waals surface area contributed by atoms with Crippen molar-refractivity contribution in [2.45, 2.75) is 25.3 Å². The lowest BCUT2D eigenvalue weighted by Crippen LogP contribution is -2.43. The zero-order valence-corrected chi connectivity index (χ0v) is 22.6. The van der Waals surface area contributed by atoms with Crippen LogP contribution in [0.25, 0.3) is 11.1 Å². The van der Waals surface area contributed by atoms with Crippen molar-refractivity contribution in [1.29, 1.82) is 0 Å². The van der Waals surface area contributed by atoms with Crippen LogP contribution in [0.2, 0.25) is 0 Å². The van der Waals surface area contributed by atoms with E-state index in [1.165, 1.54) is 23.1 Å². The first-order chi connectivity index (χ1) is 19.3. The van der Waals surface area contributed by atoms with Crippen LogP contribution in [0.3, 0.4) is 0 Å². The molecule has 5 rings (SSSR count). The molecule has 9 nitrogen and oxygen atoms in total. The Morgan fingerprint density at radius 3 is 2.25 bits per heavy atom. The molecule has 2 aliphatic heterocycles. The quantitative estimate of drug-likeness (QED) is 0.375. The standard InChI is InChI=1S/C29H30FN3O6S/c30-23-5-10-26-22(19-23)13-14-32(26)28(34)12-11-27(29(35)36)33(40(37)38)25-8-3-21(4-9-25)20-1-6-24(7-2-20)31-15-17-39-18-16-31/h1-10,19,27H,11-18H2,(H,35,36)(H,37,38). The van der Waals surface area contributed by atoms with Gasteiger partial charge in [-0.1, -0.05) is 24.3 Å². The number of hydrogen-bond donors (Lipinski definition) is 2. The summed E-state index contributed by atoms with van der Waals surface area (Å²) in [5.41, 5.74) is 4.50. The second-order valence-electron chi connectivity index (χ2n) is 9.71. The van der Waals surface area contributed by atoms with Gasteiger partial charge in [0.05, 0.1) is 18.9 Å². The molecule has 3 aromatic rings. The number of aliphatic carboxylic acids is 1. The van der Waals surface area contributed by atoms with Gasteiger partial charge in [0.15, 0.2) is 0 Å². The molecule has 1 fully saturated rings. The molecular formula is C29H30FN3O6S. The van der Waals surface area contributed by atoms with E-state index in [1.807, 2.05) is 24.3 Å². The number of carboxylic acids is 1. The predicted octanol–water partition coefficient (Wildman–Crippen LogP) is 4.10. The summed E-state index contributed by atoms with van der Waals surface area (Å²) in [7, 11) is 0. The van der Waals surface area contributed by atoms with Crippen molar-refractivity contribution in [3.63, 3.8) is 0 Å². The summed E-state index contributed by atoms with van der Waals surface area (Å²) in [6.45, 7) is 3.45. The fourth-order valence-corrected chi connectivity index (χ4v) is 5.95. The molecule has 2 atom stereocenters. The van der Waals surface area contributed by atoms with Crippen molar-refractivity contribution in [2.24, 2.45) is 0 Å². The molecule has 40 heavy (non-hydrogen) atoms. The molecule has 0 saturated carbocycles. The van der Waals surface area contributed by atoms with Crippen LogP contribution in [-0.2, 0) is 32.0 Å². The van der Waals surface area contributed by atoms with Crippen LogP contribution in [0.5, 0.6) is 0 Å². The minimum atomic E-state index is -2.65. The molecule has 0 aliphatic carbocycles. The third-order valence-electron chi connectivity index (χ3n) is 7.30. The first kappa shape index (κ1) is 27.8. The van der Waals surface area contributed by atoms with E-state index in [2.05, 4.69) is 4.90 Å². The Labute approximate surface area is 234 Å². The van der Waals surface area contributed by atoms with Gasteiger partial charge in [-0.2, -0.15) is 0 Å². The minimum Gasteiger partial charge on any atom is -0.480 e. The molecule has 3 aromatic carbocycles. The lowest BCUT2D eigenvalue weighted by atomic mass is 10.0. The Bertz CT molecular complexity index is 1400. The van der Waals surface area contributed by atoms with Gasteiger partial charge in [-0.25, -0.2) is 13.4 Å². The molecule has 0 aromatic heterocycles. The maximum absolute atomic E-state index is 13.5. The first-order valence-corrected chi connectivity index (χ1v) is 14.1. The van der Waals surface area contributed by atoms with Crippen molar-refractivity contribution < 1.29 is 32.6 Å². The monoisotopic (exact) mass is 567 g/mol. The van der Waals surface area contributed by atoms with Crippen LogP contribution < -0.4 is 14.1 Å². The Morgan fingerprint density at radius 2 is 1.62 bits per heavy atom. The van der Waals surface area contributed by atoms with Crippen LogP contribution in [0, 0.1) is 5.82 Å². The average Bonchev–Trinajstić information content (AvgIpc) is 3.38. The zero-order chi connectivity index (χ0) is 28.2. The minimum absolute atomic E-state index is 0.158. The second kappa shape index (κ2) is 12.2. The molecule has 1 amide bonds. The van der Waals surface area contributed by atoms with Gasteiger partial charge in [-0.3, -0.25) is 13.7 Å². The van der Waals surface area contributed by atoms with Crippen LogP contribution in [0.1, 0.15) is 18.4 Å². The Morgan fingerprint density at radius 1 is 0.975 bits per heavy atom. The zero-order valence-electron chi connectivity index (χ0n) is 21.7. The number of nitrogens with zero attached hydrogens (tertiary/aromatic N) is 3. The summed E-state index contributed by atoms with van der Waals surface area (Å²) < 4.78 is 42.2. The molecule has 2 N–H and O–H groups in total. The molecule has 0 spiro atoms. The van der Waals surface area contributed by atoms with Crippen LogP contribution in [0.4, 0.5) is 21.5 Å². The van der Waals surface area contributed by atoms with Crippen molar-refractivity contribution >= 4 is 40.2 Å². The number of benzene rings is 3. The number of rotatable bonds is 9. The maximum atomic E-state index is 13.5. The topological polar surface area (TPSA) is 111 Å². The number of halogens is 1. The third-order valence-corrected chi connectivity index (χ3v) is 8.11. The van der Waals surface area contributed by atoms with Gasteiger partial charge < -0.3 is 19.6 Å². The fraction of sp³-hybridized carbons (Fsp3) is 0.310. The number of anilines is 3. The summed E-state index contributed by atoms with van der Waals surface area (Å²) in [6.07, 6.45) is 0.170. The van der Waals surface area contributed by atoms with E-state index in [0.29, 0.717) is 31.9 Å². The summed E-state index contributed by atoms with van der Waals surface area (Å²) >= 11 is -2.65. The summed E-state index contributed by atoms with van der Waals surface area (Å²) in [6, 6.07) is 17.6. The third kappa shape index (κ3) is 6.01. The van der Waals surface area contributed by atoms with Crippen LogP contribution >= 0.6 is 0 Å². The highest BCUT2D eigenvalue weighted by molar-refractivity contribution is 7.80. The van der Waals surface area contributed by atoms with Gasteiger partial charge in [-0.05, 0) is 72.0 Å². The lowest BCUT2D eigenvalue weighted by Gasteiger charge is -2.29. The molecule has 210 valence electrons. The highest BCUT2D eigenvalue weighted by Crippen LogP contribution is 2.31. The van der Waals surface area contributed by atoms with Gasteiger partial charge in [0.25, 0.3) is 11.3 Å². The Kier molecular flexibility index (Phi) is 8.43. The van der Waals surface area contributed by atoms with Gasteiger partial charge in [0, 0.05) is 37.4 Å². The number of morpholine rings is 1. The Balaban J connectivity index is 1.28. The van der Waals surface area contributed by atoms with Crippen LogP contribution in [0.15, 0.2) is 66.7 Å². The van der Waals surface area contributed by atoms with Gasteiger partial charge >= 0.3 is 5.97 Å². The molecule has 11 heteroatoms. The maximum Gasteiger partial charge on any atom is 0.327 e. The van der Waals surface area contributed by atoms with E-state index in [9.17, 15) is 27.8 Å². The van der Waals surface area contributed by atoms with E-state index < -0.39 is 23.3 Å². The first-order valence-electron chi connectivity index (χ1n) is 13.1. The number of carboxylic acid groups (broad SMARTS) is 1. The van der Waals surface area contributed by atoms with E-state index in [0.717, 1.165) is 39.8 Å². The van der Waals surface area contributed by atoms with Crippen LogP contribution in [-0.4, -0.2) is 64.6 Å². The number of fused-ring (bicyclic) bond motifs is 1. The normalized spacial score (nSPS) is 16.4. The molecule has 0 radical (unpaired) electrons. The van der Waals surface area contributed by atoms with Gasteiger partial charge in [-0.15, -0.1) is 0 Å². The second-order valence-corrected chi connectivity index (χ2v) is 10.6. The molecule has 1 saturated heterocycles. The van der Waals surface area contributed by atoms with Crippen molar-refractivity contribution in [2.75, 3.05) is 47.0 Å². The SMILES string of the molecule is O=C(O)C(CCC(=O)N1CCc2cc(F)ccc21)N(c1ccc(-c2ccc(N3CCOCC3)cc2)cc1)S(=O)O. The molecular weight excluding hydrogens is 537 g/mol. The van der Waals surface area contributed by atoms with Gasteiger partial charge in [0.2, 0.25) is 5.91 Å². The highest BCUT2D eigenvalue weighted by atomic mass is 32.2. The number of ether oxygens (including phenoxy) is 1. The fourth-order valence-electron chi connectivity index (χ4n) is 5.23. The highest BCUT2D eigenvalue weighted by Gasteiger charge is 2.32. The lowest BCUT2D eigenvalue weighted by molar-refractivity contribution is -0.138. The van der Waals surface area contributed by atoms with Crippen molar-refractivity contribution in [3.05, 3.63) is 78.1 Å². The van der Waals surface area contributed by atoms with E-state index in [1.54, 1.807) is 24.3 Å². The molecule has 2 heterocycles. The smallest absolute Gasteiger partial charge is 0.327 e. The van der Waals surface area contributed by atoms with Crippen molar-refractivity contribution in [3.8, 4) is 11.1 Å². The summed E-state index contributed by atoms with van der Waals surface area (Å²) in [5, 5.41) is 9.92. The molecule has 2 aliphatic rings. The van der Waals surface area contributed by atoms with Gasteiger partial charge in [0.1, 0.15) is 11.9 Å². The predicted molar refractivity (Wildman–Crippen MR) is 151 cm³/mol. The van der Waals surface area contributed by atoms with E-state index >= 15 is 0 Å². The summed E-state index contributed by atoms with van der Waals surface area (Å²) in [5.74, 6) is -2.02. The van der Waals surface area contributed by atoms with E-state index in [4.69, 9.17) is 4.74 Å². The molecule has 0 bridgehead atoms. The number of amides is 1. The molecule has 2 unspecified atom stereocenters. The summed E-state index contributed by atoms with van der Waals surface area (Å²) in [4.78, 5) is 28.9. The van der Waals surface area contributed by atoms with Crippen molar-refractivity contribution in [1.82, 2.24) is 0 Å². The number of hydrogen-bond acceptors (Lipinski definition) is 5.